The van der Waals surface area contributed by atoms with E-state index in [4.69, 9.17) is 5.11 Å². The Morgan fingerprint density at radius 2 is 1.44 bits per heavy atom. The molecule has 0 aromatic carbocycles. The van der Waals surface area contributed by atoms with Crippen molar-refractivity contribution in [3.63, 3.8) is 0 Å². The van der Waals surface area contributed by atoms with Gasteiger partial charge in [-0.3, -0.25) is 4.79 Å². The lowest BCUT2D eigenvalue weighted by molar-refractivity contribution is -0.130. The Bertz CT molecular complexity index is 393. The van der Waals surface area contributed by atoms with Crippen molar-refractivity contribution in [3.8, 4) is 0 Å². The van der Waals surface area contributed by atoms with Gasteiger partial charge in [0.2, 0.25) is 5.91 Å². The van der Waals surface area contributed by atoms with Crippen LogP contribution < -0.4 is 0 Å². The average Bonchev–Trinajstić information content (AvgIpc) is 2.66. The van der Waals surface area contributed by atoms with Crippen LogP contribution in [0.4, 0.5) is 0 Å². The molecule has 0 aliphatic rings. The fourth-order valence-electron chi connectivity index (χ4n) is 2.98. The molecule has 2 N–H and O–H groups in total. The van der Waals surface area contributed by atoms with Gasteiger partial charge in [-0.2, -0.15) is 0 Å². The number of aliphatic hydroxyl groups is 2. The summed E-state index contributed by atoms with van der Waals surface area (Å²) in [7, 11) is 0. The Hall–Kier alpha value is -1.13. The number of hydrogen-bond acceptors (Lipinski definition) is 3. The fraction of sp³-hybridized carbons (Fsp3) is 0.783. The smallest absolute Gasteiger partial charge is 0.219 e. The van der Waals surface area contributed by atoms with Gasteiger partial charge in [0.25, 0.3) is 0 Å². The van der Waals surface area contributed by atoms with Gasteiger partial charge in [0.1, 0.15) is 0 Å². The number of nitrogens with zero attached hydrogens (tertiary/aromatic N) is 1. The van der Waals surface area contributed by atoms with E-state index >= 15 is 0 Å². The third kappa shape index (κ3) is 18.0. The molecule has 0 heterocycles. The second-order valence-corrected chi connectivity index (χ2v) is 7.39. The summed E-state index contributed by atoms with van der Waals surface area (Å²) < 4.78 is 0. The van der Waals surface area contributed by atoms with Crippen LogP contribution >= 0.6 is 0 Å². The highest BCUT2D eigenvalue weighted by Gasteiger charge is 2.12. The Balaban J connectivity index is 3.48. The Kier molecular flexibility index (Phi) is 18.8. The molecule has 1 amide bonds. The first-order chi connectivity index (χ1) is 13.1. The van der Waals surface area contributed by atoms with Crippen LogP contribution in [0.15, 0.2) is 24.3 Å². The molecule has 0 saturated heterocycles. The van der Waals surface area contributed by atoms with Crippen molar-refractivity contribution in [1.29, 1.82) is 0 Å². The van der Waals surface area contributed by atoms with E-state index in [-0.39, 0.29) is 19.1 Å². The predicted molar refractivity (Wildman–Crippen MR) is 115 cm³/mol. The van der Waals surface area contributed by atoms with Crippen molar-refractivity contribution >= 4 is 5.91 Å². The second-order valence-electron chi connectivity index (χ2n) is 7.39. The number of amides is 1. The summed E-state index contributed by atoms with van der Waals surface area (Å²) in [5.41, 5.74) is 0. The van der Waals surface area contributed by atoms with Crippen LogP contribution in [0.1, 0.15) is 90.9 Å². The van der Waals surface area contributed by atoms with E-state index in [1.54, 1.807) is 4.90 Å². The summed E-state index contributed by atoms with van der Waals surface area (Å²) in [6.07, 6.45) is 22.7. The topological polar surface area (TPSA) is 60.8 Å². The minimum absolute atomic E-state index is 0.0370. The van der Waals surface area contributed by atoms with Crippen LogP contribution in [0.25, 0.3) is 0 Å². The van der Waals surface area contributed by atoms with Crippen molar-refractivity contribution in [1.82, 2.24) is 4.90 Å². The number of carbonyl (C=O) groups is 1. The zero-order chi connectivity index (χ0) is 20.2. The highest BCUT2D eigenvalue weighted by Crippen LogP contribution is 2.09. The summed E-state index contributed by atoms with van der Waals surface area (Å²) in [5.74, 6) is -0.0370. The first kappa shape index (κ1) is 25.9. The van der Waals surface area contributed by atoms with E-state index < -0.39 is 6.10 Å². The van der Waals surface area contributed by atoms with Gasteiger partial charge in [0.15, 0.2) is 0 Å². The lowest BCUT2D eigenvalue weighted by atomic mass is 10.1. The maximum Gasteiger partial charge on any atom is 0.219 e. The lowest BCUT2D eigenvalue weighted by Gasteiger charge is -2.23. The van der Waals surface area contributed by atoms with E-state index in [0.29, 0.717) is 6.54 Å². The molecule has 0 bridgehead atoms. The summed E-state index contributed by atoms with van der Waals surface area (Å²) in [6.45, 7) is 4.35. The van der Waals surface area contributed by atoms with Gasteiger partial charge in [-0.25, -0.2) is 0 Å². The van der Waals surface area contributed by atoms with Crippen LogP contribution in [0.5, 0.6) is 0 Å². The number of aliphatic hydroxyl groups excluding tert-OH is 2. The van der Waals surface area contributed by atoms with E-state index in [2.05, 4.69) is 31.2 Å². The highest BCUT2D eigenvalue weighted by atomic mass is 16.3. The van der Waals surface area contributed by atoms with Gasteiger partial charge in [-0.1, -0.05) is 69.8 Å². The third-order valence-electron chi connectivity index (χ3n) is 4.72. The van der Waals surface area contributed by atoms with Gasteiger partial charge in [0, 0.05) is 20.0 Å². The first-order valence-electron chi connectivity index (χ1n) is 11.0. The molecule has 0 aliphatic carbocycles. The van der Waals surface area contributed by atoms with Gasteiger partial charge in [0.05, 0.1) is 12.7 Å². The van der Waals surface area contributed by atoms with Crippen LogP contribution in [0, 0.1) is 0 Å². The summed E-state index contributed by atoms with van der Waals surface area (Å²) in [6, 6.07) is 0. The number of hydrogen-bond donors (Lipinski definition) is 2. The SMILES string of the molecule is CCCCCC=CCC=CCCCCCCCCN(CC(O)CO)C(C)=O. The first-order valence-corrected chi connectivity index (χ1v) is 11.0. The minimum Gasteiger partial charge on any atom is -0.394 e. The zero-order valence-electron chi connectivity index (χ0n) is 17.7. The van der Waals surface area contributed by atoms with Crippen molar-refractivity contribution in [3.05, 3.63) is 24.3 Å². The highest BCUT2D eigenvalue weighted by molar-refractivity contribution is 5.73. The molecule has 4 nitrogen and oxygen atoms in total. The van der Waals surface area contributed by atoms with Crippen molar-refractivity contribution < 1.29 is 15.0 Å². The summed E-state index contributed by atoms with van der Waals surface area (Å²) in [5, 5.41) is 18.3. The lowest BCUT2D eigenvalue weighted by Crippen LogP contribution is -2.38. The average molecular weight is 382 g/mol. The van der Waals surface area contributed by atoms with Crippen LogP contribution in [-0.4, -0.2) is 46.8 Å². The molecule has 0 spiro atoms. The molecule has 0 aromatic rings. The summed E-state index contributed by atoms with van der Waals surface area (Å²) >= 11 is 0. The van der Waals surface area contributed by atoms with Gasteiger partial charge in [-0.15, -0.1) is 0 Å². The third-order valence-corrected chi connectivity index (χ3v) is 4.72. The number of rotatable bonds is 18. The van der Waals surface area contributed by atoms with Crippen molar-refractivity contribution in [2.45, 2.75) is 97.0 Å². The normalized spacial score (nSPS) is 12.9. The molecular formula is C23H43NO3. The van der Waals surface area contributed by atoms with Crippen LogP contribution in [-0.2, 0) is 4.79 Å². The quantitative estimate of drug-likeness (QED) is 0.259. The molecule has 1 atom stereocenters. The maximum absolute atomic E-state index is 11.5. The number of carbonyl (C=O) groups excluding carboxylic acids is 1. The molecular weight excluding hydrogens is 338 g/mol. The summed E-state index contributed by atoms with van der Waals surface area (Å²) in [4.78, 5) is 13.1. The fourth-order valence-corrected chi connectivity index (χ4v) is 2.98. The van der Waals surface area contributed by atoms with E-state index in [9.17, 15) is 9.90 Å². The zero-order valence-corrected chi connectivity index (χ0v) is 17.7. The molecule has 27 heavy (non-hydrogen) atoms. The Labute approximate surface area is 167 Å². The largest absolute Gasteiger partial charge is 0.394 e. The molecule has 1 unspecified atom stereocenters. The molecule has 0 saturated carbocycles. The Morgan fingerprint density at radius 1 is 0.889 bits per heavy atom. The number of unbranched alkanes of at least 4 members (excludes halogenated alkanes) is 9. The van der Waals surface area contributed by atoms with E-state index in [1.165, 1.54) is 64.7 Å². The Morgan fingerprint density at radius 3 is 2.00 bits per heavy atom. The van der Waals surface area contributed by atoms with Crippen molar-refractivity contribution in [2.24, 2.45) is 0 Å². The van der Waals surface area contributed by atoms with E-state index in [0.717, 1.165) is 19.3 Å². The molecule has 0 aliphatic heterocycles. The number of allylic oxidation sites excluding steroid dienone is 4. The molecule has 0 radical (unpaired) electrons. The molecule has 0 fully saturated rings. The van der Waals surface area contributed by atoms with Crippen molar-refractivity contribution in [2.75, 3.05) is 19.7 Å². The second kappa shape index (κ2) is 19.6. The van der Waals surface area contributed by atoms with Gasteiger partial charge in [-0.05, 0) is 38.5 Å². The van der Waals surface area contributed by atoms with Gasteiger partial charge < -0.3 is 15.1 Å². The standard InChI is InChI=1S/C23H43NO3/c1-3-4-5-6-7-8-9-10-11-12-13-14-15-16-17-18-19-24(22(2)26)20-23(27)21-25/h7-8,10-11,23,25,27H,3-6,9,12-21H2,1-2H3. The molecule has 0 aromatic heterocycles. The van der Waals surface area contributed by atoms with Crippen LogP contribution in [0.3, 0.4) is 0 Å². The maximum atomic E-state index is 11.5. The van der Waals surface area contributed by atoms with E-state index in [1.807, 2.05) is 0 Å². The molecule has 4 heteroatoms. The minimum atomic E-state index is -0.835. The predicted octanol–water partition coefficient (Wildman–Crippen LogP) is 5.00. The van der Waals surface area contributed by atoms with Gasteiger partial charge >= 0.3 is 0 Å². The molecule has 0 rings (SSSR count). The van der Waals surface area contributed by atoms with Crippen LogP contribution in [0.2, 0.25) is 0 Å². The monoisotopic (exact) mass is 381 g/mol. The molecule has 158 valence electrons.